The Labute approximate surface area is 110 Å². The van der Waals surface area contributed by atoms with Gasteiger partial charge in [0.1, 0.15) is 11.5 Å². The highest BCUT2D eigenvalue weighted by Crippen LogP contribution is 2.25. The Morgan fingerprint density at radius 3 is 2.61 bits per heavy atom. The second-order valence-electron chi connectivity index (χ2n) is 4.41. The number of methoxy groups -OCH3 is 2. The highest BCUT2D eigenvalue weighted by atomic mass is 16.5. The van der Waals surface area contributed by atoms with Crippen LogP contribution in [0.4, 0.5) is 0 Å². The molecule has 1 aromatic rings. The van der Waals surface area contributed by atoms with Crippen molar-refractivity contribution in [2.75, 3.05) is 20.8 Å². The van der Waals surface area contributed by atoms with Crippen molar-refractivity contribution in [3.63, 3.8) is 0 Å². The third-order valence-corrected chi connectivity index (χ3v) is 2.60. The first-order valence-corrected chi connectivity index (χ1v) is 6.29. The molecule has 3 heteroatoms. The van der Waals surface area contributed by atoms with Crippen LogP contribution >= 0.6 is 0 Å². The van der Waals surface area contributed by atoms with Crippen molar-refractivity contribution in [3.8, 4) is 11.5 Å². The minimum atomic E-state index is 0.532. The van der Waals surface area contributed by atoms with Gasteiger partial charge >= 0.3 is 0 Å². The van der Waals surface area contributed by atoms with E-state index in [4.69, 9.17) is 9.47 Å². The summed E-state index contributed by atoms with van der Waals surface area (Å²) in [5, 5.41) is 3.38. The molecule has 1 rings (SSSR count). The number of ether oxygens (including phenoxy) is 2. The van der Waals surface area contributed by atoms with Crippen molar-refractivity contribution < 1.29 is 9.47 Å². The molecule has 0 aliphatic carbocycles. The van der Waals surface area contributed by atoms with Gasteiger partial charge in [-0.25, -0.2) is 0 Å². The van der Waals surface area contributed by atoms with Gasteiger partial charge in [-0.15, -0.1) is 0 Å². The maximum atomic E-state index is 5.32. The van der Waals surface area contributed by atoms with Gasteiger partial charge in [-0.05, 0) is 31.2 Å². The summed E-state index contributed by atoms with van der Waals surface area (Å²) in [4.78, 5) is 0. The van der Waals surface area contributed by atoms with Crippen LogP contribution in [0.25, 0.3) is 6.08 Å². The van der Waals surface area contributed by atoms with Crippen LogP contribution in [-0.2, 0) is 0 Å². The lowest BCUT2D eigenvalue weighted by Crippen LogP contribution is -2.23. The van der Waals surface area contributed by atoms with E-state index in [0.29, 0.717) is 6.04 Å². The third-order valence-electron chi connectivity index (χ3n) is 2.60. The topological polar surface area (TPSA) is 30.5 Å². The van der Waals surface area contributed by atoms with E-state index in [2.05, 4.69) is 31.3 Å². The highest BCUT2D eigenvalue weighted by Gasteiger charge is 2.01. The van der Waals surface area contributed by atoms with E-state index in [-0.39, 0.29) is 0 Å². The molecule has 0 bridgehead atoms. The van der Waals surface area contributed by atoms with Crippen LogP contribution in [0.3, 0.4) is 0 Å². The molecular formula is C15H23NO2. The Morgan fingerprint density at radius 2 is 2.00 bits per heavy atom. The van der Waals surface area contributed by atoms with Gasteiger partial charge in [0.05, 0.1) is 14.2 Å². The fourth-order valence-corrected chi connectivity index (χ4v) is 1.64. The van der Waals surface area contributed by atoms with E-state index in [0.717, 1.165) is 30.0 Å². The van der Waals surface area contributed by atoms with Crippen molar-refractivity contribution >= 4 is 6.08 Å². The van der Waals surface area contributed by atoms with Crippen LogP contribution in [0.2, 0.25) is 0 Å². The van der Waals surface area contributed by atoms with Gasteiger partial charge in [-0.2, -0.15) is 0 Å². The van der Waals surface area contributed by atoms with Crippen LogP contribution < -0.4 is 14.8 Å². The van der Waals surface area contributed by atoms with Gasteiger partial charge in [0.2, 0.25) is 0 Å². The predicted molar refractivity (Wildman–Crippen MR) is 76.3 cm³/mol. The van der Waals surface area contributed by atoms with E-state index in [9.17, 15) is 0 Å². The summed E-state index contributed by atoms with van der Waals surface area (Å²) in [6, 6.07) is 6.33. The SMILES string of the molecule is COc1ccc(OC)c(C=CCCNC(C)C)c1. The van der Waals surface area contributed by atoms with E-state index >= 15 is 0 Å². The summed E-state index contributed by atoms with van der Waals surface area (Å²) in [7, 11) is 3.35. The number of hydrogen-bond donors (Lipinski definition) is 1. The lowest BCUT2D eigenvalue weighted by molar-refractivity contribution is 0.402. The molecule has 0 saturated heterocycles. The molecule has 3 nitrogen and oxygen atoms in total. The molecule has 0 heterocycles. The molecule has 100 valence electrons. The van der Waals surface area contributed by atoms with Gasteiger partial charge in [0.25, 0.3) is 0 Å². The Bertz CT molecular complexity index is 386. The fourth-order valence-electron chi connectivity index (χ4n) is 1.64. The summed E-state index contributed by atoms with van der Waals surface area (Å²) < 4.78 is 10.5. The van der Waals surface area contributed by atoms with Crippen molar-refractivity contribution in [1.29, 1.82) is 0 Å². The summed E-state index contributed by atoms with van der Waals surface area (Å²) >= 11 is 0. The zero-order chi connectivity index (χ0) is 13.4. The largest absolute Gasteiger partial charge is 0.497 e. The molecule has 0 radical (unpaired) electrons. The van der Waals surface area contributed by atoms with E-state index in [1.165, 1.54) is 0 Å². The summed E-state index contributed by atoms with van der Waals surface area (Å²) in [6.07, 6.45) is 5.22. The van der Waals surface area contributed by atoms with Crippen molar-refractivity contribution in [3.05, 3.63) is 29.8 Å². The Kier molecular flexibility index (Phi) is 6.29. The molecule has 18 heavy (non-hydrogen) atoms. The second kappa shape index (κ2) is 7.77. The molecule has 0 aliphatic rings. The minimum absolute atomic E-state index is 0.532. The number of nitrogens with one attached hydrogen (secondary N) is 1. The fraction of sp³-hybridized carbons (Fsp3) is 0.467. The normalized spacial score (nSPS) is 11.2. The Morgan fingerprint density at radius 1 is 1.22 bits per heavy atom. The Hall–Kier alpha value is -1.48. The van der Waals surface area contributed by atoms with Crippen LogP contribution in [0.1, 0.15) is 25.8 Å². The second-order valence-corrected chi connectivity index (χ2v) is 4.41. The maximum Gasteiger partial charge on any atom is 0.126 e. The zero-order valence-corrected chi connectivity index (χ0v) is 11.7. The van der Waals surface area contributed by atoms with Gasteiger partial charge in [0, 0.05) is 11.6 Å². The minimum Gasteiger partial charge on any atom is -0.497 e. The highest BCUT2D eigenvalue weighted by molar-refractivity contribution is 5.59. The lowest BCUT2D eigenvalue weighted by atomic mass is 10.1. The van der Waals surface area contributed by atoms with Crippen molar-refractivity contribution in [2.45, 2.75) is 26.3 Å². The molecular weight excluding hydrogens is 226 g/mol. The predicted octanol–water partition coefficient (Wildman–Crippen LogP) is 3.11. The van der Waals surface area contributed by atoms with Crippen LogP contribution in [0, 0.1) is 0 Å². The summed E-state index contributed by atoms with van der Waals surface area (Å²) in [6.45, 7) is 5.28. The van der Waals surface area contributed by atoms with Crippen LogP contribution in [-0.4, -0.2) is 26.8 Å². The number of benzene rings is 1. The first-order chi connectivity index (χ1) is 8.67. The van der Waals surface area contributed by atoms with Gasteiger partial charge in [-0.1, -0.05) is 26.0 Å². The zero-order valence-electron chi connectivity index (χ0n) is 11.7. The van der Waals surface area contributed by atoms with Crippen molar-refractivity contribution in [1.82, 2.24) is 5.32 Å². The molecule has 0 aromatic heterocycles. The summed E-state index contributed by atoms with van der Waals surface area (Å²) in [5.74, 6) is 1.71. The molecule has 1 aromatic carbocycles. The average molecular weight is 249 g/mol. The van der Waals surface area contributed by atoms with E-state index in [1.807, 2.05) is 18.2 Å². The van der Waals surface area contributed by atoms with Crippen LogP contribution in [0.15, 0.2) is 24.3 Å². The van der Waals surface area contributed by atoms with Gasteiger partial charge < -0.3 is 14.8 Å². The Balaban J connectivity index is 2.61. The average Bonchev–Trinajstić information content (AvgIpc) is 2.37. The molecule has 0 spiro atoms. The number of hydrogen-bond acceptors (Lipinski definition) is 3. The first kappa shape index (κ1) is 14.6. The maximum absolute atomic E-state index is 5.32. The number of rotatable bonds is 7. The first-order valence-electron chi connectivity index (χ1n) is 6.29. The van der Waals surface area contributed by atoms with Crippen molar-refractivity contribution in [2.24, 2.45) is 0 Å². The molecule has 0 fully saturated rings. The molecule has 0 unspecified atom stereocenters. The van der Waals surface area contributed by atoms with Gasteiger partial charge in [0.15, 0.2) is 0 Å². The quantitative estimate of drug-likeness (QED) is 0.753. The summed E-state index contributed by atoms with van der Waals surface area (Å²) in [5.41, 5.74) is 1.04. The van der Waals surface area contributed by atoms with Gasteiger partial charge in [-0.3, -0.25) is 0 Å². The monoisotopic (exact) mass is 249 g/mol. The molecule has 0 aliphatic heterocycles. The van der Waals surface area contributed by atoms with E-state index in [1.54, 1.807) is 14.2 Å². The lowest BCUT2D eigenvalue weighted by Gasteiger charge is -2.07. The van der Waals surface area contributed by atoms with Crippen LogP contribution in [0.5, 0.6) is 11.5 Å². The van der Waals surface area contributed by atoms with E-state index < -0.39 is 0 Å². The smallest absolute Gasteiger partial charge is 0.126 e. The molecule has 0 amide bonds. The molecule has 0 atom stereocenters. The third kappa shape index (κ3) is 4.80. The molecule has 1 N–H and O–H groups in total. The standard InChI is InChI=1S/C15H23NO2/c1-12(2)16-10-6-5-7-13-11-14(17-3)8-9-15(13)18-4/h5,7-9,11-12,16H,6,10H2,1-4H3. The molecule has 0 saturated carbocycles.